The van der Waals surface area contributed by atoms with Gasteiger partial charge in [-0.1, -0.05) is 30.3 Å². The lowest BCUT2D eigenvalue weighted by Crippen LogP contribution is -2.06. The van der Waals surface area contributed by atoms with E-state index in [1.807, 2.05) is 30.3 Å². The summed E-state index contributed by atoms with van der Waals surface area (Å²) in [6.07, 6.45) is 0.0218. The summed E-state index contributed by atoms with van der Waals surface area (Å²) in [4.78, 5) is 0. The molecule has 0 saturated carbocycles. The lowest BCUT2D eigenvalue weighted by atomic mass is 10.1. The average Bonchev–Trinajstić information content (AvgIpc) is 2.16. The summed E-state index contributed by atoms with van der Waals surface area (Å²) in [6.45, 7) is -0.368. The first-order valence-electron chi connectivity index (χ1n) is 4.12. The van der Waals surface area contributed by atoms with Crippen LogP contribution in [0.1, 0.15) is 12.0 Å². The van der Waals surface area contributed by atoms with E-state index in [0.717, 1.165) is 5.56 Å². The minimum Gasteiger partial charge on any atom is -0.393 e. The Morgan fingerprint density at radius 2 is 1.92 bits per heavy atom. The normalized spacial score (nSPS) is 12.8. The van der Waals surface area contributed by atoms with Crippen LogP contribution in [-0.4, -0.2) is 17.9 Å². The van der Waals surface area contributed by atoms with Crippen LogP contribution in [-0.2, 0) is 6.42 Å². The molecule has 0 fully saturated rings. The Balaban J connectivity index is 2.33. The van der Waals surface area contributed by atoms with Gasteiger partial charge in [0.1, 0.15) is 6.17 Å². The first-order valence-corrected chi connectivity index (χ1v) is 4.12. The van der Waals surface area contributed by atoms with Gasteiger partial charge in [0.25, 0.3) is 0 Å². The fourth-order valence-electron chi connectivity index (χ4n) is 1.06. The summed E-state index contributed by atoms with van der Waals surface area (Å²) in [5.74, 6) is 0. The van der Waals surface area contributed by atoms with Crippen molar-refractivity contribution in [3.63, 3.8) is 0 Å². The minimum atomic E-state index is -1.08. The Bertz CT molecular complexity index is 210. The van der Waals surface area contributed by atoms with Crippen molar-refractivity contribution < 1.29 is 9.50 Å². The summed E-state index contributed by atoms with van der Waals surface area (Å²) < 4.78 is 12.6. The molecule has 0 amide bonds. The molecule has 2 heteroatoms. The van der Waals surface area contributed by atoms with Gasteiger partial charge in [0.15, 0.2) is 0 Å². The van der Waals surface area contributed by atoms with Crippen molar-refractivity contribution in [3.8, 4) is 0 Å². The van der Waals surface area contributed by atoms with Gasteiger partial charge in [0, 0.05) is 0 Å². The lowest BCUT2D eigenvalue weighted by Gasteiger charge is -2.03. The third-order valence-electron chi connectivity index (χ3n) is 1.79. The van der Waals surface area contributed by atoms with Crippen molar-refractivity contribution in [3.05, 3.63) is 35.9 Å². The number of hydrogen-bond donors (Lipinski definition) is 1. The van der Waals surface area contributed by atoms with Crippen LogP contribution >= 0.6 is 0 Å². The van der Waals surface area contributed by atoms with E-state index in [1.54, 1.807) is 0 Å². The minimum absolute atomic E-state index is 0.368. The zero-order valence-electron chi connectivity index (χ0n) is 6.91. The third-order valence-corrected chi connectivity index (χ3v) is 1.79. The quantitative estimate of drug-likeness (QED) is 0.728. The molecule has 0 aliphatic carbocycles. The Kier molecular flexibility index (Phi) is 3.74. The SMILES string of the molecule is OCC(F)CCc1ccccc1. The predicted octanol–water partition coefficient (Wildman–Crippen LogP) is 1.95. The van der Waals surface area contributed by atoms with Crippen LogP contribution < -0.4 is 0 Å². The summed E-state index contributed by atoms with van der Waals surface area (Å²) in [5.41, 5.74) is 1.12. The van der Waals surface area contributed by atoms with Crippen molar-refractivity contribution in [2.75, 3.05) is 6.61 Å². The van der Waals surface area contributed by atoms with Crippen molar-refractivity contribution in [1.82, 2.24) is 0 Å². The van der Waals surface area contributed by atoms with E-state index in [4.69, 9.17) is 5.11 Å². The molecule has 1 unspecified atom stereocenters. The topological polar surface area (TPSA) is 20.2 Å². The molecule has 0 aliphatic heterocycles. The lowest BCUT2D eigenvalue weighted by molar-refractivity contribution is 0.170. The molecule has 0 aliphatic rings. The van der Waals surface area contributed by atoms with Crippen molar-refractivity contribution in [1.29, 1.82) is 0 Å². The van der Waals surface area contributed by atoms with Gasteiger partial charge in [0.05, 0.1) is 6.61 Å². The highest BCUT2D eigenvalue weighted by atomic mass is 19.1. The Morgan fingerprint density at radius 1 is 1.25 bits per heavy atom. The van der Waals surface area contributed by atoms with Gasteiger partial charge >= 0.3 is 0 Å². The van der Waals surface area contributed by atoms with E-state index >= 15 is 0 Å². The number of alkyl halides is 1. The maximum atomic E-state index is 12.6. The molecule has 1 aromatic carbocycles. The highest BCUT2D eigenvalue weighted by Gasteiger charge is 2.03. The van der Waals surface area contributed by atoms with E-state index in [2.05, 4.69) is 0 Å². The average molecular weight is 168 g/mol. The number of aryl methyl sites for hydroxylation is 1. The second-order valence-electron chi connectivity index (χ2n) is 2.80. The molecule has 12 heavy (non-hydrogen) atoms. The van der Waals surface area contributed by atoms with Crippen LogP contribution in [0, 0.1) is 0 Å². The molecule has 66 valence electrons. The van der Waals surface area contributed by atoms with Crippen LogP contribution in [0.3, 0.4) is 0 Å². The maximum Gasteiger partial charge on any atom is 0.123 e. The van der Waals surface area contributed by atoms with Crippen molar-refractivity contribution >= 4 is 0 Å². The number of aliphatic hydroxyl groups is 1. The number of halogens is 1. The molecule has 1 rings (SSSR count). The zero-order chi connectivity index (χ0) is 8.81. The number of rotatable bonds is 4. The highest BCUT2D eigenvalue weighted by molar-refractivity contribution is 5.14. The fourth-order valence-corrected chi connectivity index (χ4v) is 1.06. The highest BCUT2D eigenvalue weighted by Crippen LogP contribution is 2.06. The summed E-state index contributed by atoms with van der Waals surface area (Å²) in [5, 5.41) is 8.44. The largest absolute Gasteiger partial charge is 0.393 e. The van der Waals surface area contributed by atoms with Crippen LogP contribution in [0.5, 0.6) is 0 Å². The van der Waals surface area contributed by atoms with Gasteiger partial charge in [-0.2, -0.15) is 0 Å². The Hall–Kier alpha value is -0.890. The number of aliphatic hydroxyl groups excluding tert-OH is 1. The van der Waals surface area contributed by atoms with Gasteiger partial charge in [-0.25, -0.2) is 4.39 Å². The smallest absolute Gasteiger partial charge is 0.123 e. The van der Waals surface area contributed by atoms with Gasteiger partial charge in [-0.05, 0) is 18.4 Å². The molecule has 0 radical (unpaired) electrons. The maximum absolute atomic E-state index is 12.6. The van der Waals surface area contributed by atoms with E-state index < -0.39 is 6.17 Å². The Morgan fingerprint density at radius 3 is 2.50 bits per heavy atom. The number of hydrogen-bond acceptors (Lipinski definition) is 1. The first-order chi connectivity index (χ1) is 5.83. The molecule has 1 N–H and O–H groups in total. The van der Waals surface area contributed by atoms with Crippen LogP contribution in [0.25, 0.3) is 0 Å². The summed E-state index contributed by atoms with van der Waals surface area (Å²) in [7, 11) is 0. The third kappa shape index (κ3) is 3.01. The van der Waals surface area contributed by atoms with Gasteiger partial charge in [-0.15, -0.1) is 0 Å². The van der Waals surface area contributed by atoms with E-state index in [1.165, 1.54) is 0 Å². The molecular formula is C10H13FO. The van der Waals surface area contributed by atoms with E-state index in [9.17, 15) is 4.39 Å². The van der Waals surface area contributed by atoms with Crippen molar-refractivity contribution in [2.45, 2.75) is 19.0 Å². The molecule has 0 saturated heterocycles. The molecule has 0 bridgehead atoms. The van der Waals surface area contributed by atoms with Crippen LogP contribution in [0.15, 0.2) is 30.3 Å². The van der Waals surface area contributed by atoms with Crippen molar-refractivity contribution in [2.24, 2.45) is 0 Å². The molecule has 1 atom stereocenters. The molecule has 0 heterocycles. The molecule has 1 aromatic rings. The van der Waals surface area contributed by atoms with E-state index in [-0.39, 0.29) is 6.61 Å². The zero-order valence-corrected chi connectivity index (χ0v) is 6.91. The molecular weight excluding hydrogens is 155 g/mol. The van der Waals surface area contributed by atoms with Crippen LogP contribution in [0.2, 0.25) is 0 Å². The first kappa shape index (κ1) is 9.20. The monoisotopic (exact) mass is 168 g/mol. The predicted molar refractivity (Wildman–Crippen MR) is 46.7 cm³/mol. The standard InChI is InChI=1S/C10H13FO/c11-10(8-12)7-6-9-4-2-1-3-5-9/h1-5,10,12H,6-8H2. The van der Waals surface area contributed by atoms with Crippen LogP contribution in [0.4, 0.5) is 4.39 Å². The molecule has 0 spiro atoms. The van der Waals surface area contributed by atoms with E-state index in [0.29, 0.717) is 12.8 Å². The Labute approximate surface area is 71.9 Å². The fraction of sp³-hybridized carbons (Fsp3) is 0.400. The summed E-state index contributed by atoms with van der Waals surface area (Å²) in [6, 6.07) is 9.72. The summed E-state index contributed by atoms with van der Waals surface area (Å²) >= 11 is 0. The molecule has 0 aromatic heterocycles. The number of benzene rings is 1. The van der Waals surface area contributed by atoms with Gasteiger partial charge < -0.3 is 5.11 Å². The second kappa shape index (κ2) is 4.88. The van der Waals surface area contributed by atoms with Gasteiger partial charge in [0.2, 0.25) is 0 Å². The second-order valence-corrected chi connectivity index (χ2v) is 2.80. The van der Waals surface area contributed by atoms with Gasteiger partial charge in [-0.3, -0.25) is 0 Å². The molecule has 1 nitrogen and oxygen atoms in total.